The quantitative estimate of drug-likeness (QED) is 0.777. The number of hydrogen-bond acceptors (Lipinski definition) is 6. The summed E-state index contributed by atoms with van der Waals surface area (Å²) in [6.45, 7) is 0.917. The second-order valence-electron chi connectivity index (χ2n) is 4.70. The van der Waals surface area contributed by atoms with Crippen molar-refractivity contribution in [3.8, 4) is 5.88 Å². The van der Waals surface area contributed by atoms with Gasteiger partial charge in [-0.3, -0.25) is 0 Å². The summed E-state index contributed by atoms with van der Waals surface area (Å²) < 4.78 is 7.48. The van der Waals surface area contributed by atoms with Crippen LogP contribution in [0.25, 0.3) is 11.2 Å². The molecule has 0 spiro atoms. The molecule has 3 rings (SSSR count). The summed E-state index contributed by atoms with van der Waals surface area (Å²) in [7, 11) is 1.61. The van der Waals surface area contributed by atoms with Crippen molar-refractivity contribution in [3.05, 3.63) is 12.2 Å². The van der Waals surface area contributed by atoms with Crippen molar-refractivity contribution in [3.63, 3.8) is 0 Å². The van der Waals surface area contributed by atoms with Crippen molar-refractivity contribution >= 4 is 46.3 Å². The van der Waals surface area contributed by atoms with Crippen molar-refractivity contribution in [2.45, 2.75) is 18.2 Å². The van der Waals surface area contributed by atoms with Gasteiger partial charge in [-0.25, -0.2) is 9.97 Å². The Morgan fingerprint density at radius 1 is 1.43 bits per heavy atom. The number of aryl methyl sites for hydroxylation is 1. The minimum absolute atomic E-state index is 0.528. The Morgan fingerprint density at radius 2 is 2.33 bits per heavy atom. The third-order valence-electron chi connectivity index (χ3n) is 3.36. The molecule has 2 aromatic heterocycles. The maximum Gasteiger partial charge on any atom is 0.245 e. The highest BCUT2D eigenvalue weighted by molar-refractivity contribution is 8.06. The van der Waals surface area contributed by atoms with E-state index in [4.69, 9.17) is 16.3 Å². The maximum absolute atomic E-state index is 5.92. The van der Waals surface area contributed by atoms with E-state index in [9.17, 15) is 0 Å². The van der Waals surface area contributed by atoms with E-state index in [1.807, 2.05) is 23.5 Å². The molecule has 0 aliphatic carbocycles. The van der Waals surface area contributed by atoms with Crippen molar-refractivity contribution in [1.82, 2.24) is 19.5 Å². The number of fused-ring (bicyclic) bond motifs is 1. The molecule has 1 unspecified atom stereocenters. The SMILES string of the molecule is COc1ncnc2c1nc(CCCl)n2CC1CSCCS1. The summed E-state index contributed by atoms with van der Waals surface area (Å²) in [5.74, 6) is 5.68. The number of aromatic nitrogens is 4. The van der Waals surface area contributed by atoms with Crippen molar-refractivity contribution in [2.75, 3.05) is 30.2 Å². The van der Waals surface area contributed by atoms with Crippen LogP contribution in [0, 0.1) is 0 Å². The molecule has 1 aliphatic heterocycles. The number of hydrogen-bond donors (Lipinski definition) is 0. The molecule has 1 saturated heterocycles. The summed E-state index contributed by atoms with van der Waals surface area (Å²) in [6, 6.07) is 0. The number of rotatable bonds is 5. The molecule has 1 atom stereocenters. The normalized spacial score (nSPS) is 19.0. The van der Waals surface area contributed by atoms with Crippen molar-refractivity contribution in [1.29, 1.82) is 0 Å². The molecule has 21 heavy (non-hydrogen) atoms. The van der Waals surface area contributed by atoms with E-state index in [1.165, 1.54) is 23.6 Å². The fraction of sp³-hybridized carbons (Fsp3) is 0.615. The maximum atomic E-state index is 5.92. The first-order chi connectivity index (χ1) is 10.3. The second kappa shape index (κ2) is 7.07. The molecule has 0 aromatic carbocycles. The van der Waals surface area contributed by atoms with Crippen LogP contribution in [-0.2, 0) is 13.0 Å². The largest absolute Gasteiger partial charge is 0.479 e. The van der Waals surface area contributed by atoms with Crippen molar-refractivity contribution in [2.24, 2.45) is 0 Å². The average molecular weight is 345 g/mol. The van der Waals surface area contributed by atoms with E-state index in [0.29, 0.717) is 17.0 Å². The van der Waals surface area contributed by atoms with E-state index >= 15 is 0 Å². The Hall–Kier alpha value is -0.660. The van der Waals surface area contributed by atoms with Crippen LogP contribution in [0.1, 0.15) is 5.82 Å². The first-order valence-electron chi connectivity index (χ1n) is 6.83. The molecule has 114 valence electrons. The second-order valence-corrected chi connectivity index (χ2v) is 7.64. The molecule has 8 heteroatoms. The highest BCUT2D eigenvalue weighted by Crippen LogP contribution is 2.28. The zero-order valence-electron chi connectivity index (χ0n) is 11.8. The Bertz CT molecular complexity index is 615. The van der Waals surface area contributed by atoms with Crippen LogP contribution in [0.2, 0.25) is 0 Å². The molecule has 3 heterocycles. The summed E-state index contributed by atoms with van der Waals surface area (Å²) in [4.78, 5) is 13.2. The number of thioether (sulfide) groups is 2. The van der Waals surface area contributed by atoms with Crippen molar-refractivity contribution < 1.29 is 4.74 Å². The molecular weight excluding hydrogens is 328 g/mol. The predicted octanol–water partition coefficient (Wildman–Crippen LogP) is 2.46. The number of imidazole rings is 1. The number of halogens is 1. The van der Waals surface area contributed by atoms with Gasteiger partial charge in [0.2, 0.25) is 5.88 Å². The van der Waals surface area contributed by atoms with Gasteiger partial charge in [0, 0.05) is 41.4 Å². The van der Waals surface area contributed by atoms with Gasteiger partial charge in [-0.1, -0.05) is 0 Å². The fourth-order valence-electron chi connectivity index (χ4n) is 2.42. The topological polar surface area (TPSA) is 52.8 Å². The van der Waals surface area contributed by atoms with Crippen LogP contribution in [0.4, 0.5) is 0 Å². The Balaban J connectivity index is 1.99. The van der Waals surface area contributed by atoms with E-state index in [2.05, 4.69) is 19.5 Å². The highest BCUT2D eigenvalue weighted by atomic mass is 35.5. The first-order valence-corrected chi connectivity index (χ1v) is 9.56. The zero-order valence-corrected chi connectivity index (χ0v) is 14.2. The van der Waals surface area contributed by atoms with Gasteiger partial charge in [-0.2, -0.15) is 28.5 Å². The summed E-state index contributed by atoms with van der Waals surface area (Å²) in [5.41, 5.74) is 1.58. The molecule has 0 bridgehead atoms. The van der Waals surface area contributed by atoms with Crippen LogP contribution >= 0.6 is 35.1 Å². The van der Waals surface area contributed by atoms with Gasteiger partial charge in [0.15, 0.2) is 11.2 Å². The van der Waals surface area contributed by atoms with E-state index in [0.717, 1.165) is 30.0 Å². The molecule has 1 aliphatic rings. The lowest BCUT2D eigenvalue weighted by atomic mass is 10.4. The lowest BCUT2D eigenvalue weighted by Crippen LogP contribution is -2.22. The summed E-state index contributed by atoms with van der Waals surface area (Å²) in [5, 5.41) is 0.594. The van der Waals surface area contributed by atoms with E-state index in [-0.39, 0.29) is 0 Å². The van der Waals surface area contributed by atoms with Crippen LogP contribution < -0.4 is 4.74 Å². The van der Waals surface area contributed by atoms with Crippen LogP contribution in [0.15, 0.2) is 6.33 Å². The number of methoxy groups -OCH3 is 1. The third-order valence-corrected chi connectivity index (χ3v) is 6.38. The zero-order chi connectivity index (χ0) is 14.7. The Labute approximate surface area is 137 Å². The van der Waals surface area contributed by atoms with Crippen LogP contribution in [-0.4, -0.2) is 55.0 Å². The van der Waals surface area contributed by atoms with Gasteiger partial charge in [-0.05, 0) is 0 Å². The van der Waals surface area contributed by atoms with E-state index < -0.39 is 0 Å². The standard InChI is InChI=1S/C13H17ClN4OS2/c1-19-13-11-12(15-8-16-13)18(10(17-11)2-3-14)6-9-7-20-4-5-21-9/h8-9H,2-7H2,1H3. The number of nitrogens with zero attached hydrogens (tertiary/aromatic N) is 4. The monoisotopic (exact) mass is 344 g/mol. The van der Waals surface area contributed by atoms with Gasteiger partial charge in [0.05, 0.1) is 7.11 Å². The Morgan fingerprint density at radius 3 is 3.05 bits per heavy atom. The molecular formula is C13H17ClN4OS2. The number of ether oxygens (including phenoxy) is 1. The molecule has 2 aromatic rings. The minimum Gasteiger partial charge on any atom is -0.479 e. The fourth-order valence-corrected chi connectivity index (χ4v) is 5.24. The van der Waals surface area contributed by atoms with Crippen LogP contribution in [0.3, 0.4) is 0 Å². The van der Waals surface area contributed by atoms with E-state index in [1.54, 1.807) is 7.11 Å². The average Bonchev–Trinajstić information content (AvgIpc) is 2.87. The smallest absolute Gasteiger partial charge is 0.245 e. The molecule has 0 N–H and O–H groups in total. The lowest BCUT2D eigenvalue weighted by molar-refractivity contribution is 0.401. The lowest BCUT2D eigenvalue weighted by Gasteiger charge is -2.22. The van der Waals surface area contributed by atoms with Gasteiger partial charge < -0.3 is 9.30 Å². The number of alkyl halides is 1. The molecule has 0 saturated carbocycles. The summed E-state index contributed by atoms with van der Waals surface area (Å²) >= 11 is 9.97. The molecule has 1 fully saturated rings. The Kier molecular flexibility index (Phi) is 5.13. The van der Waals surface area contributed by atoms with Gasteiger partial charge in [0.1, 0.15) is 12.2 Å². The molecule has 0 radical (unpaired) electrons. The van der Waals surface area contributed by atoms with Gasteiger partial charge in [0.25, 0.3) is 0 Å². The van der Waals surface area contributed by atoms with Gasteiger partial charge in [-0.15, -0.1) is 11.6 Å². The van der Waals surface area contributed by atoms with Gasteiger partial charge >= 0.3 is 0 Å². The highest BCUT2D eigenvalue weighted by Gasteiger charge is 2.21. The van der Waals surface area contributed by atoms with Crippen LogP contribution in [0.5, 0.6) is 5.88 Å². The minimum atomic E-state index is 0.528. The predicted molar refractivity (Wildman–Crippen MR) is 89.9 cm³/mol. The molecule has 0 amide bonds. The third kappa shape index (κ3) is 3.24. The first kappa shape index (κ1) is 15.2. The summed E-state index contributed by atoms with van der Waals surface area (Å²) in [6.07, 6.45) is 2.26. The molecule has 5 nitrogen and oxygen atoms in total.